The Balaban J connectivity index is 2.31. The molecule has 0 spiro atoms. The fourth-order valence-electron chi connectivity index (χ4n) is 4.00. The Morgan fingerprint density at radius 2 is 1.36 bits per heavy atom. The molecule has 184 valence electrons. The molecule has 0 bridgehead atoms. The van der Waals surface area contributed by atoms with E-state index in [4.69, 9.17) is 9.31 Å². The van der Waals surface area contributed by atoms with Crippen molar-refractivity contribution in [1.29, 1.82) is 0 Å². The van der Waals surface area contributed by atoms with E-state index in [0.717, 1.165) is 51.4 Å². The van der Waals surface area contributed by atoms with Crippen molar-refractivity contribution in [2.24, 2.45) is 0 Å². The van der Waals surface area contributed by atoms with Gasteiger partial charge in [-0.15, -0.1) is 0 Å². The van der Waals surface area contributed by atoms with Crippen LogP contribution in [-0.4, -0.2) is 53.3 Å². The van der Waals surface area contributed by atoms with Crippen LogP contribution < -0.4 is 5.46 Å². The number of benzene rings is 1. The van der Waals surface area contributed by atoms with Crippen molar-refractivity contribution in [3.8, 4) is 0 Å². The molecule has 1 aliphatic heterocycles. The summed E-state index contributed by atoms with van der Waals surface area (Å²) in [4.78, 5) is 27.4. The minimum Gasteiger partial charge on any atom is -0.478 e. The Kier molecular flexibility index (Phi) is 9.98. The van der Waals surface area contributed by atoms with E-state index in [0.29, 0.717) is 18.6 Å². The Labute approximate surface area is 200 Å². The molecule has 1 amide bonds. The van der Waals surface area contributed by atoms with Gasteiger partial charge in [0.05, 0.1) is 22.3 Å². The smallest absolute Gasteiger partial charge is 0.478 e. The molecule has 0 aromatic heterocycles. The summed E-state index contributed by atoms with van der Waals surface area (Å²) in [6.45, 7) is 13.5. The predicted molar refractivity (Wildman–Crippen MR) is 133 cm³/mol. The molecule has 6 nitrogen and oxygen atoms in total. The standard InChI is InChI=1S/C26H42BNO5/c1-7-9-11-13-17-28(18-14-12-10-8-2)23(29)22-19-20(15-16-21(22)24(30)31)27-32-25(3,4)26(5,6)33-27/h15-16,19H,7-14,17-18H2,1-6H3,(H,30,31). The van der Waals surface area contributed by atoms with E-state index >= 15 is 0 Å². The van der Waals surface area contributed by atoms with Crippen LogP contribution in [0.3, 0.4) is 0 Å². The van der Waals surface area contributed by atoms with Crippen LogP contribution in [-0.2, 0) is 9.31 Å². The van der Waals surface area contributed by atoms with Gasteiger partial charge in [0.1, 0.15) is 0 Å². The molecule has 33 heavy (non-hydrogen) atoms. The van der Waals surface area contributed by atoms with Crippen LogP contribution in [0.2, 0.25) is 0 Å². The highest BCUT2D eigenvalue weighted by Crippen LogP contribution is 2.36. The minimum atomic E-state index is -1.10. The molecular weight excluding hydrogens is 417 g/mol. The van der Waals surface area contributed by atoms with Crippen LogP contribution in [0.25, 0.3) is 0 Å². The first-order valence-electron chi connectivity index (χ1n) is 12.6. The molecule has 0 atom stereocenters. The molecule has 1 fully saturated rings. The summed E-state index contributed by atoms with van der Waals surface area (Å²) in [7, 11) is -0.646. The quantitative estimate of drug-likeness (QED) is 0.321. The number of aromatic carboxylic acids is 1. The Morgan fingerprint density at radius 3 is 1.82 bits per heavy atom. The van der Waals surface area contributed by atoms with Gasteiger partial charge in [-0.2, -0.15) is 0 Å². The molecule has 0 saturated carbocycles. The van der Waals surface area contributed by atoms with Crippen LogP contribution in [0.4, 0.5) is 0 Å². The Hall–Kier alpha value is -1.86. The van der Waals surface area contributed by atoms with Crippen molar-refractivity contribution in [3.05, 3.63) is 29.3 Å². The normalized spacial score (nSPS) is 16.7. The average molecular weight is 459 g/mol. The van der Waals surface area contributed by atoms with Gasteiger partial charge in [0.2, 0.25) is 0 Å². The van der Waals surface area contributed by atoms with E-state index < -0.39 is 24.3 Å². The summed E-state index contributed by atoms with van der Waals surface area (Å²) in [6.07, 6.45) is 8.50. The van der Waals surface area contributed by atoms with Crippen molar-refractivity contribution in [2.75, 3.05) is 13.1 Å². The summed E-state index contributed by atoms with van der Waals surface area (Å²) in [5, 5.41) is 9.78. The maximum Gasteiger partial charge on any atom is 0.494 e. The van der Waals surface area contributed by atoms with Gasteiger partial charge in [-0.05, 0) is 58.1 Å². The van der Waals surface area contributed by atoms with Crippen LogP contribution in [0.15, 0.2) is 18.2 Å². The summed E-state index contributed by atoms with van der Waals surface area (Å²) in [5.41, 5.74) is -0.137. The van der Waals surface area contributed by atoms with Crippen LogP contribution in [0, 0.1) is 0 Å². The van der Waals surface area contributed by atoms with Gasteiger partial charge in [0.25, 0.3) is 5.91 Å². The molecule has 1 aliphatic rings. The largest absolute Gasteiger partial charge is 0.494 e. The van der Waals surface area contributed by atoms with Crippen molar-refractivity contribution in [3.63, 3.8) is 0 Å². The molecule has 1 aromatic rings. The second-order valence-electron chi connectivity index (χ2n) is 10.1. The number of rotatable bonds is 13. The minimum absolute atomic E-state index is 0.0207. The Bertz CT molecular complexity index is 780. The zero-order valence-electron chi connectivity index (χ0n) is 21.4. The second-order valence-corrected chi connectivity index (χ2v) is 10.1. The third kappa shape index (κ3) is 7.06. The van der Waals surface area contributed by atoms with Crippen LogP contribution in [0.1, 0.15) is 114 Å². The zero-order chi connectivity index (χ0) is 24.6. The summed E-state index contributed by atoms with van der Waals surface area (Å²) in [5.74, 6) is -1.32. The lowest BCUT2D eigenvalue weighted by atomic mass is 9.77. The number of nitrogens with zero attached hydrogens (tertiary/aromatic N) is 1. The maximum absolute atomic E-state index is 13.6. The van der Waals surface area contributed by atoms with E-state index in [9.17, 15) is 14.7 Å². The molecule has 1 N–H and O–H groups in total. The lowest BCUT2D eigenvalue weighted by molar-refractivity contribution is 0.00578. The highest BCUT2D eigenvalue weighted by molar-refractivity contribution is 6.62. The number of carboxylic acid groups (broad SMARTS) is 1. The van der Waals surface area contributed by atoms with Gasteiger partial charge in [-0.25, -0.2) is 4.79 Å². The maximum atomic E-state index is 13.6. The number of carbonyl (C=O) groups excluding carboxylic acids is 1. The number of hydrogen-bond acceptors (Lipinski definition) is 4. The van der Waals surface area contributed by atoms with Crippen molar-refractivity contribution < 1.29 is 24.0 Å². The van der Waals surface area contributed by atoms with E-state index in [2.05, 4.69) is 13.8 Å². The van der Waals surface area contributed by atoms with Gasteiger partial charge >= 0.3 is 13.1 Å². The SMILES string of the molecule is CCCCCCN(CCCCCC)C(=O)c1cc(B2OC(C)(C)C(C)(C)O2)ccc1C(=O)O. The highest BCUT2D eigenvalue weighted by atomic mass is 16.7. The molecule has 2 rings (SSSR count). The highest BCUT2D eigenvalue weighted by Gasteiger charge is 2.51. The lowest BCUT2D eigenvalue weighted by Gasteiger charge is -2.32. The molecule has 0 radical (unpaired) electrons. The average Bonchev–Trinajstić information content (AvgIpc) is 2.98. The molecule has 0 aliphatic carbocycles. The number of amides is 1. The van der Waals surface area contributed by atoms with E-state index in [1.54, 1.807) is 12.1 Å². The number of hydrogen-bond donors (Lipinski definition) is 1. The first-order valence-corrected chi connectivity index (χ1v) is 12.6. The zero-order valence-corrected chi connectivity index (χ0v) is 21.4. The van der Waals surface area contributed by atoms with Gasteiger partial charge in [-0.3, -0.25) is 4.79 Å². The van der Waals surface area contributed by atoms with Gasteiger partial charge < -0.3 is 19.3 Å². The topological polar surface area (TPSA) is 76.1 Å². The van der Waals surface area contributed by atoms with E-state index in [1.165, 1.54) is 6.07 Å². The monoisotopic (exact) mass is 459 g/mol. The summed E-state index contributed by atoms with van der Waals surface area (Å²) in [6, 6.07) is 4.84. The molecule has 0 unspecified atom stereocenters. The third-order valence-electron chi connectivity index (χ3n) is 6.88. The molecule has 7 heteroatoms. The van der Waals surface area contributed by atoms with Gasteiger partial charge in [0, 0.05) is 13.1 Å². The van der Waals surface area contributed by atoms with Crippen molar-refractivity contribution in [1.82, 2.24) is 4.90 Å². The molecule has 1 aromatic carbocycles. The predicted octanol–water partition coefficient (Wildman–Crippen LogP) is 5.29. The first-order chi connectivity index (χ1) is 15.5. The summed E-state index contributed by atoms with van der Waals surface area (Å²) >= 11 is 0. The number of carbonyl (C=O) groups is 2. The Morgan fingerprint density at radius 1 is 0.848 bits per heavy atom. The fourth-order valence-corrected chi connectivity index (χ4v) is 4.00. The first kappa shape index (κ1) is 27.4. The van der Waals surface area contributed by atoms with Crippen molar-refractivity contribution in [2.45, 2.75) is 104 Å². The molecule has 1 heterocycles. The molecular formula is C26H42BNO5. The third-order valence-corrected chi connectivity index (χ3v) is 6.88. The van der Waals surface area contributed by atoms with Crippen LogP contribution in [0.5, 0.6) is 0 Å². The number of carboxylic acids is 1. The molecule has 1 saturated heterocycles. The number of unbranched alkanes of at least 4 members (excludes halogenated alkanes) is 6. The lowest BCUT2D eigenvalue weighted by Crippen LogP contribution is -2.41. The summed E-state index contributed by atoms with van der Waals surface area (Å²) < 4.78 is 12.3. The van der Waals surface area contributed by atoms with Gasteiger partial charge in [0.15, 0.2) is 0 Å². The fraction of sp³-hybridized carbons (Fsp3) is 0.692. The van der Waals surface area contributed by atoms with Gasteiger partial charge in [-0.1, -0.05) is 58.4 Å². The van der Waals surface area contributed by atoms with Crippen LogP contribution >= 0.6 is 0 Å². The van der Waals surface area contributed by atoms with E-state index in [1.807, 2.05) is 32.6 Å². The second kappa shape index (κ2) is 12.0. The van der Waals surface area contributed by atoms with E-state index in [-0.39, 0.29) is 17.0 Å². The van der Waals surface area contributed by atoms with Crippen molar-refractivity contribution >= 4 is 24.5 Å².